The van der Waals surface area contributed by atoms with Gasteiger partial charge in [0.2, 0.25) is 0 Å². The highest BCUT2D eigenvalue weighted by molar-refractivity contribution is 9.10. The van der Waals surface area contributed by atoms with E-state index in [0.717, 1.165) is 10.9 Å². The van der Waals surface area contributed by atoms with Crippen molar-refractivity contribution < 1.29 is 9.13 Å². The molecule has 17 heavy (non-hydrogen) atoms. The summed E-state index contributed by atoms with van der Waals surface area (Å²) in [6.45, 7) is 2.87. The summed E-state index contributed by atoms with van der Waals surface area (Å²) >= 11 is 3.34. The zero-order chi connectivity index (χ0) is 12.5. The maximum Gasteiger partial charge on any atom is 0.136 e. The normalized spacial score (nSPS) is 10.5. The zero-order valence-electron chi connectivity index (χ0n) is 10.3. The molecule has 0 saturated carbocycles. The minimum absolute atomic E-state index is 0.258. The molecule has 0 fully saturated rings. The van der Waals surface area contributed by atoms with Crippen molar-refractivity contribution in [3.05, 3.63) is 28.5 Å². The molecular formula is C14H20BrFO. The van der Waals surface area contributed by atoms with Crippen LogP contribution in [0.1, 0.15) is 45.4 Å². The number of hydrogen-bond donors (Lipinski definition) is 0. The standard InChI is InChI=1S/C14H20BrFO/c1-2-3-4-5-6-7-10-17-14-11-12(16)8-9-13(14)15/h8-9,11H,2-7,10H2,1H3. The molecule has 0 bridgehead atoms. The van der Waals surface area contributed by atoms with Gasteiger partial charge in [0.1, 0.15) is 11.6 Å². The molecule has 0 atom stereocenters. The Morgan fingerprint density at radius 2 is 1.82 bits per heavy atom. The molecule has 96 valence electrons. The van der Waals surface area contributed by atoms with Crippen LogP contribution in [0.15, 0.2) is 22.7 Å². The van der Waals surface area contributed by atoms with E-state index in [1.54, 1.807) is 6.07 Å². The fraction of sp³-hybridized carbons (Fsp3) is 0.571. The Labute approximate surface area is 111 Å². The third-order valence-electron chi connectivity index (χ3n) is 2.65. The molecule has 0 unspecified atom stereocenters. The lowest BCUT2D eigenvalue weighted by Gasteiger charge is -2.08. The van der Waals surface area contributed by atoms with Crippen LogP contribution in [0.4, 0.5) is 4.39 Å². The van der Waals surface area contributed by atoms with E-state index in [0.29, 0.717) is 12.4 Å². The molecule has 0 N–H and O–H groups in total. The molecule has 1 aromatic rings. The highest BCUT2D eigenvalue weighted by Gasteiger charge is 2.02. The van der Waals surface area contributed by atoms with Crippen LogP contribution in [-0.4, -0.2) is 6.61 Å². The predicted molar refractivity (Wildman–Crippen MR) is 73.0 cm³/mol. The Morgan fingerprint density at radius 1 is 1.12 bits per heavy atom. The van der Waals surface area contributed by atoms with Crippen molar-refractivity contribution in [2.24, 2.45) is 0 Å². The van der Waals surface area contributed by atoms with E-state index in [9.17, 15) is 4.39 Å². The van der Waals surface area contributed by atoms with Gasteiger partial charge in [0, 0.05) is 6.07 Å². The average Bonchev–Trinajstić information content (AvgIpc) is 2.32. The second-order valence-electron chi connectivity index (χ2n) is 4.19. The Bertz CT molecular complexity index is 328. The fourth-order valence-corrected chi connectivity index (χ4v) is 2.01. The second-order valence-corrected chi connectivity index (χ2v) is 5.05. The number of benzene rings is 1. The first kappa shape index (κ1) is 14.5. The lowest BCUT2D eigenvalue weighted by molar-refractivity contribution is 0.301. The van der Waals surface area contributed by atoms with Gasteiger partial charge in [0.05, 0.1) is 11.1 Å². The maximum atomic E-state index is 13.0. The maximum absolute atomic E-state index is 13.0. The molecule has 0 aromatic heterocycles. The number of halogens is 2. The number of unbranched alkanes of at least 4 members (excludes halogenated alkanes) is 5. The van der Waals surface area contributed by atoms with Crippen LogP contribution in [0, 0.1) is 5.82 Å². The Hall–Kier alpha value is -0.570. The van der Waals surface area contributed by atoms with Gasteiger partial charge in [0.15, 0.2) is 0 Å². The van der Waals surface area contributed by atoms with Crippen LogP contribution in [0.2, 0.25) is 0 Å². The first-order valence-electron chi connectivity index (χ1n) is 6.32. The number of rotatable bonds is 8. The Morgan fingerprint density at radius 3 is 2.59 bits per heavy atom. The average molecular weight is 303 g/mol. The van der Waals surface area contributed by atoms with Crippen molar-refractivity contribution in [1.82, 2.24) is 0 Å². The molecule has 0 radical (unpaired) electrons. The first-order chi connectivity index (χ1) is 8.24. The summed E-state index contributed by atoms with van der Waals surface area (Å²) in [5.74, 6) is 0.338. The number of ether oxygens (including phenoxy) is 1. The molecule has 1 nitrogen and oxygen atoms in total. The van der Waals surface area contributed by atoms with E-state index < -0.39 is 0 Å². The highest BCUT2D eigenvalue weighted by Crippen LogP contribution is 2.25. The summed E-state index contributed by atoms with van der Waals surface area (Å²) in [5.41, 5.74) is 0. The molecule has 0 spiro atoms. The minimum Gasteiger partial charge on any atom is -0.492 e. The predicted octanol–water partition coefficient (Wildman–Crippen LogP) is 5.33. The van der Waals surface area contributed by atoms with Crippen LogP contribution in [0.3, 0.4) is 0 Å². The molecule has 0 heterocycles. The second kappa shape index (κ2) is 8.51. The Balaban J connectivity index is 2.15. The molecular weight excluding hydrogens is 283 g/mol. The van der Waals surface area contributed by atoms with Crippen molar-refractivity contribution in [1.29, 1.82) is 0 Å². The van der Waals surface area contributed by atoms with E-state index in [-0.39, 0.29) is 5.82 Å². The molecule has 1 aromatic carbocycles. The number of hydrogen-bond acceptors (Lipinski definition) is 1. The van der Waals surface area contributed by atoms with Crippen LogP contribution in [0.25, 0.3) is 0 Å². The largest absolute Gasteiger partial charge is 0.492 e. The molecule has 0 aliphatic heterocycles. The molecule has 0 saturated heterocycles. The fourth-order valence-electron chi connectivity index (χ4n) is 1.65. The van der Waals surface area contributed by atoms with Gasteiger partial charge in [-0.05, 0) is 34.5 Å². The lowest BCUT2D eigenvalue weighted by atomic mass is 10.1. The van der Waals surface area contributed by atoms with Crippen molar-refractivity contribution >= 4 is 15.9 Å². The quantitative estimate of drug-likeness (QED) is 0.590. The van der Waals surface area contributed by atoms with Crippen molar-refractivity contribution in [3.8, 4) is 5.75 Å². The van der Waals surface area contributed by atoms with E-state index in [2.05, 4.69) is 22.9 Å². The smallest absolute Gasteiger partial charge is 0.136 e. The van der Waals surface area contributed by atoms with Gasteiger partial charge in [0.25, 0.3) is 0 Å². The van der Waals surface area contributed by atoms with Crippen molar-refractivity contribution in [2.75, 3.05) is 6.61 Å². The zero-order valence-corrected chi connectivity index (χ0v) is 11.9. The van der Waals surface area contributed by atoms with E-state index >= 15 is 0 Å². The molecule has 0 aliphatic rings. The van der Waals surface area contributed by atoms with Crippen molar-refractivity contribution in [2.45, 2.75) is 45.4 Å². The van der Waals surface area contributed by atoms with Gasteiger partial charge in [-0.3, -0.25) is 0 Å². The molecule has 0 amide bonds. The van der Waals surface area contributed by atoms with E-state index in [1.165, 1.54) is 44.2 Å². The molecule has 0 aliphatic carbocycles. The lowest BCUT2D eigenvalue weighted by Crippen LogP contribution is -1.98. The minimum atomic E-state index is -0.258. The third kappa shape index (κ3) is 6.06. The van der Waals surface area contributed by atoms with Gasteiger partial charge in [-0.2, -0.15) is 0 Å². The third-order valence-corrected chi connectivity index (χ3v) is 3.30. The van der Waals surface area contributed by atoms with Crippen LogP contribution >= 0.6 is 15.9 Å². The van der Waals surface area contributed by atoms with Gasteiger partial charge in [-0.15, -0.1) is 0 Å². The molecule has 3 heteroatoms. The van der Waals surface area contributed by atoms with E-state index in [1.807, 2.05) is 0 Å². The monoisotopic (exact) mass is 302 g/mol. The summed E-state index contributed by atoms with van der Waals surface area (Å²) in [7, 11) is 0. The molecule has 1 rings (SSSR count). The van der Waals surface area contributed by atoms with Gasteiger partial charge < -0.3 is 4.74 Å². The summed E-state index contributed by atoms with van der Waals surface area (Å²) in [6.07, 6.45) is 7.38. The summed E-state index contributed by atoms with van der Waals surface area (Å²) in [6, 6.07) is 4.51. The van der Waals surface area contributed by atoms with Crippen LogP contribution in [-0.2, 0) is 0 Å². The highest BCUT2D eigenvalue weighted by atomic mass is 79.9. The van der Waals surface area contributed by atoms with Crippen LogP contribution < -0.4 is 4.74 Å². The summed E-state index contributed by atoms with van der Waals surface area (Å²) in [4.78, 5) is 0. The summed E-state index contributed by atoms with van der Waals surface area (Å²) < 4.78 is 19.3. The van der Waals surface area contributed by atoms with E-state index in [4.69, 9.17) is 4.74 Å². The topological polar surface area (TPSA) is 9.23 Å². The SMILES string of the molecule is CCCCCCCCOc1cc(F)ccc1Br. The summed E-state index contributed by atoms with van der Waals surface area (Å²) in [5, 5.41) is 0. The van der Waals surface area contributed by atoms with Gasteiger partial charge in [-0.25, -0.2) is 4.39 Å². The van der Waals surface area contributed by atoms with Gasteiger partial charge >= 0.3 is 0 Å². The van der Waals surface area contributed by atoms with Gasteiger partial charge in [-0.1, -0.05) is 39.0 Å². The Kier molecular flexibility index (Phi) is 7.25. The first-order valence-corrected chi connectivity index (χ1v) is 7.11. The van der Waals surface area contributed by atoms with Crippen LogP contribution in [0.5, 0.6) is 5.75 Å². The van der Waals surface area contributed by atoms with Crippen molar-refractivity contribution in [3.63, 3.8) is 0 Å².